The third-order valence-electron chi connectivity index (χ3n) is 3.30. The molecule has 4 rings (SSSR count). The van der Waals surface area contributed by atoms with Crippen molar-refractivity contribution in [1.29, 1.82) is 0 Å². The average molecular weight is 294 g/mol. The van der Waals surface area contributed by atoms with Gasteiger partial charge >= 0.3 is 5.97 Å². The summed E-state index contributed by atoms with van der Waals surface area (Å²) < 4.78 is 1.67. The number of hydrogen-bond donors (Lipinski definition) is 0. The maximum absolute atomic E-state index is 12.4. The molecule has 0 aromatic carbocycles. The highest BCUT2D eigenvalue weighted by atomic mass is 16.7. The molecule has 0 aliphatic rings. The summed E-state index contributed by atoms with van der Waals surface area (Å²) >= 11 is 0. The first-order valence-corrected chi connectivity index (χ1v) is 6.56. The van der Waals surface area contributed by atoms with Gasteiger partial charge in [-0.1, -0.05) is 6.07 Å². The van der Waals surface area contributed by atoms with E-state index in [1.165, 1.54) is 6.20 Å². The fourth-order valence-electron chi connectivity index (χ4n) is 2.24. The Morgan fingerprint density at radius 2 is 2.14 bits per heavy atom. The standard InChI is InChI=1S/C14H10N6O2/c1-9-4-2-6-12-10(8-16-19(9)12)14(21)22-20-13-11(17-18-20)5-3-7-15-13/h2-8H,1H3. The van der Waals surface area contributed by atoms with Gasteiger partial charge in [-0.25, -0.2) is 14.3 Å². The predicted molar refractivity (Wildman–Crippen MR) is 76.2 cm³/mol. The SMILES string of the molecule is Cc1cccc2c(C(=O)On3nnc4cccnc43)cnn12. The monoisotopic (exact) mass is 294 g/mol. The number of carbonyl (C=O) groups is 1. The molecule has 4 aromatic rings. The maximum atomic E-state index is 12.4. The minimum Gasteiger partial charge on any atom is -0.310 e. The summed E-state index contributed by atoms with van der Waals surface area (Å²) in [6.07, 6.45) is 3.05. The highest BCUT2D eigenvalue weighted by molar-refractivity contribution is 5.97. The smallest absolute Gasteiger partial charge is 0.310 e. The van der Waals surface area contributed by atoms with Gasteiger partial charge in [-0.2, -0.15) is 5.10 Å². The van der Waals surface area contributed by atoms with E-state index >= 15 is 0 Å². The van der Waals surface area contributed by atoms with Crippen LogP contribution in [0.25, 0.3) is 16.7 Å². The van der Waals surface area contributed by atoms with E-state index in [1.54, 1.807) is 28.9 Å². The fraction of sp³-hybridized carbons (Fsp3) is 0.0714. The molecule has 0 amide bonds. The molecule has 0 fully saturated rings. The van der Waals surface area contributed by atoms with Gasteiger partial charge in [0.2, 0.25) is 5.65 Å². The first-order valence-electron chi connectivity index (χ1n) is 6.56. The van der Waals surface area contributed by atoms with E-state index in [0.717, 1.165) is 10.5 Å². The van der Waals surface area contributed by atoms with Crippen LogP contribution < -0.4 is 4.84 Å². The van der Waals surface area contributed by atoms with Crippen molar-refractivity contribution in [2.75, 3.05) is 0 Å². The van der Waals surface area contributed by atoms with Crippen LogP contribution in [0.4, 0.5) is 0 Å². The molecule has 0 bridgehead atoms. The van der Waals surface area contributed by atoms with E-state index in [2.05, 4.69) is 20.4 Å². The van der Waals surface area contributed by atoms with E-state index in [1.807, 2.05) is 19.1 Å². The number of aromatic nitrogens is 6. The first kappa shape index (κ1) is 12.5. The number of nitrogens with zero attached hydrogens (tertiary/aromatic N) is 6. The van der Waals surface area contributed by atoms with E-state index in [9.17, 15) is 4.79 Å². The molecular formula is C14H10N6O2. The molecule has 4 heterocycles. The van der Waals surface area contributed by atoms with Crippen LogP contribution in [-0.2, 0) is 0 Å². The van der Waals surface area contributed by atoms with Crippen molar-refractivity contribution in [2.24, 2.45) is 0 Å². The van der Waals surface area contributed by atoms with Crippen LogP contribution in [0.15, 0.2) is 42.7 Å². The maximum Gasteiger partial charge on any atom is 0.369 e. The molecule has 0 radical (unpaired) electrons. The topological polar surface area (TPSA) is 87.2 Å². The second kappa shape index (κ2) is 4.62. The Bertz CT molecular complexity index is 1000. The van der Waals surface area contributed by atoms with Gasteiger partial charge in [0, 0.05) is 11.9 Å². The molecule has 0 spiro atoms. The zero-order chi connectivity index (χ0) is 15.1. The Balaban J connectivity index is 1.73. The second-order valence-electron chi connectivity index (χ2n) is 4.71. The van der Waals surface area contributed by atoms with Gasteiger partial charge in [-0.05, 0) is 41.2 Å². The van der Waals surface area contributed by atoms with Crippen molar-refractivity contribution in [3.63, 3.8) is 0 Å². The van der Waals surface area contributed by atoms with E-state index in [-0.39, 0.29) is 0 Å². The molecule has 108 valence electrons. The minimum absolute atomic E-state index is 0.350. The summed E-state index contributed by atoms with van der Waals surface area (Å²) in [5.41, 5.74) is 2.87. The number of carbonyl (C=O) groups excluding carboxylic acids is 1. The van der Waals surface area contributed by atoms with Gasteiger partial charge < -0.3 is 4.84 Å². The van der Waals surface area contributed by atoms with E-state index in [4.69, 9.17) is 4.84 Å². The highest BCUT2D eigenvalue weighted by Crippen LogP contribution is 2.13. The van der Waals surface area contributed by atoms with Crippen molar-refractivity contribution in [3.8, 4) is 0 Å². The number of fused-ring (bicyclic) bond motifs is 2. The number of hydrogen-bond acceptors (Lipinski definition) is 6. The Morgan fingerprint density at radius 1 is 1.23 bits per heavy atom. The summed E-state index contributed by atoms with van der Waals surface area (Å²) in [5, 5.41) is 11.8. The van der Waals surface area contributed by atoms with Gasteiger partial charge in [0.05, 0.1) is 11.7 Å². The number of rotatable bonds is 2. The molecule has 0 aliphatic carbocycles. The molecular weight excluding hydrogens is 284 g/mol. The Labute approximate surface area is 123 Å². The van der Waals surface area contributed by atoms with Crippen molar-refractivity contribution < 1.29 is 9.63 Å². The van der Waals surface area contributed by atoms with Gasteiger partial charge in [0.1, 0.15) is 11.1 Å². The summed E-state index contributed by atoms with van der Waals surface area (Å²) in [7, 11) is 0. The fourth-order valence-corrected chi connectivity index (χ4v) is 2.24. The Kier molecular flexibility index (Phi) is 2.62. The zero-order valence-corrected chi connectivity index (χ0v) is 11.5. The van der Waals surface area contributed by atoms with Gasteiger partial charge in [0.15, 0.2) is 0 Å². The Morgan fingerprint density at radius 3 is 3.05 bits per heavy atom. The first-order chi connectivity index (χ1) is 10.7. The lowest BCUT2D eigenvalue weighted by molar-refractivity contribution is 0.0407. The predicted octanol–water partition coefficient (Wildman–Crippen LogP) is 1.05. The van der Waals surface area contributed by atoms with Crippen LogP contribution in [-0.4, -0.2) is 35.7 Å². The van der Waals surface area contributed by atoms with Crippen LogP contribution in [0.3, 0.4) is 0 Å². The lowest BCUT2D eigenvalue weighted by Crippen LogP contribution is -2.21. The van der Waals surface area contributed by atoms with Gasteiger partial charge in [0.25, 0.3) is 0 Å². The second-order valence-corrected chi connectivity index (χ2v) is 4.71. The van der Waals surface area contributed by atoms with Crippen molar-refractivity contribution >= 4 is 22.6 Å². The normalized spacial score (nSPS) is 11.1. The molecule has 8 nitrogen and oxygen atoms in total. The molecule has 0 saturated carbocycles. The Hall–Kier alpha value is -3.29. The third kappa shape index (κ3) is 1.81. The molecule has 0 aliphatic heterocycles. The van der Waals surface area contributed by atoms with E-state index in [0.29, 0.717) is 22.2 Å². The minimum atomic E-state index is -0.571. The summed E-state index contributed by atoms with van der Waals surface area (Å²) in [6, 6.07) is 9.03. The third-order valence-corrected chi connectivity index (χ3v) is 3.30. The molecule has 0 saturated heterocycles. The van der Waals surface area contributed by atoms with Crippen LogP contribution in [0.1, 0.15) is 16.1 Å². The van der Waals surface area contributed by atoms with Crippen molar-refractivity contribution in [2.45, 2.75) is 6.92 Å². The summed E-state index contributed by atoms with van der Waals surface area (Å²) in [5.74, 6) is -0.571. The molecule has 22 heavy (non-hydrogen) atoms. The highest BCUT2D eigenvalue weighted by Gasteiger charge is 2.18. The largest absolute Gasteiger partial charge is 0.369 e. The summed E-state index contributed by atoms with van der Waals surface area (Å²) in [4.78, 5) is 22.7. The lowest BCUT2D eigenvalue weighted by atomic mass is 10.2. The van der Waals surface area contributed by atoms with Gasteiger partial charge in [-0.15, -0.1) is 5.10 Å². The zero-order valence-electron chi connectivity index (χ0n) is 11.5. The molecule has 0 atom stereocenters. The lowest BCUT2D eigenvalue weighted by Gasteiger charge is -2.02. The van der Waals surface area contributed by atoms with Crippen molar-refractivity contribution in [1.82, 2.24) is 29.8 Å². The van der Waals surface area contributed by atoms with Crippen molar-refractivity contribution in [3.05, 3.63) is 54.0 Å². The van der Waals surface area contributed by atoms with Gasteiger partial charge in [-0.3, -0.25) is 0 Å². The number of aryl methyl sites for hydroxylation is 1. The average Bonchev–Trinajstić information content (AvgIpc) is 3.13. The van der Waals surface area contributed by atoms with Crippen LogP contribution in [0, 0.1) is 6.92 Å². The quantitative estimate of drug-likeness (QED) is 0.514. The number of pyridine rings is 2. The molecule has 8 heteroatoms. The molecule has 0 unspecified atom stereocenters. The molecule has 0 N–H and O–H groups in total. The van der Waals surface area contributed by atoms with Crippen LogP contribution in [0.5, 0.6) is 0 Å². The molecule has 4 aromatic heterocycles. The van der Waals surface area contributed by atoms with E-state index < -0.39 is 5.97 Å². The van der Waals surface area contributed by atoms with Crippen LogP contribution in [0.2, 0.25) is 0 Å². The van der Waals surface area contributed by atoms with Crippen LogP contribution >= 0.6 is 0 Å². The summed E-state index contributed by atoms with van der Waals surface area (Å²) in [6.45, 7) is 1.91.